The Morgan fingerprint density at radius 3 is 2.41 bits per heavy atom. The van der Waals surface area contributed by atoms with Gasteiger partial charge in [-0.15, -0.1) is 0 Å². The zero-order valence-corrected chi connectivity index (χ0v) is 16.2. The summed E-state index contributed by atoms with van der Waals surface area (Å²) < 4.78 is 10.7. The number of nitrogens with one attached hydrogen (secondary N) is 1. The van der Waals surface area contributed by atoms with E-state index in [1.54, 1.807) is 14.2 Å². The molecule has 0 unspecified atom stereocenters. The van der Waals surface area contributed by atoms with Crippen molar-refractivity contribution < 1.29 is 14.3 Å². The lowest BCUT2D eigenvalue weighted by atomic mass is 10.1. The molecule has 1 fully saturated rings. The number of amides is 2. The van der Waals surface area contributed by atoms with Gasteiger partial charge in [-0.2, -0.15) is 0 Å². The van der Waals surface area contributed by atoms with E-state index in [0.717, 1.165) is 30.1 Å². The number of aryl methyl sites for hydroxylation is 1. The molecule has 0 aromatic heterocycles. The van der Waals surface area contributed by atoms with Crippen molar-refractivity contribution in [2.24, 2.45) is 0 Å². The Bertz CT molecular complexity index is 786. The molecule has 1 N–H and O–H groups in total. The van der Waals surface area contributed by atoms with E-state index >= 15 is 0 Å². The maximum Gasteiger partial charge on any atom is 0.317 e. The second-order valence-corrected chi connectivity index (χ2v) is 6.66. The van der Waals surface area contributed by atoms with Crippen LogP contribution in [0.2, 0.25) is 0 Å². The Kier molecular flexibility index (Phi) is 6.06. The molecular formula is C21H27N3O3. The third-order valence-electron chi connectivity index (χ3n) is 4.83. The number of methoxy groups -OCH3 is 2. The van der Waals surface area contributed by atoms with Crippen molar-refractivity contribution in [3.05, 3.63) is 53.6 Å². The summed E-state index contributed by atoms with van der Waals surface area (Å²) in [5.74, 6) is 1.43. The van der Waals surface area contributed by atoms with Gasteiger partial charge in [-0.05, 0) is 24.6 Å². The molecule has 1 saturated heterocycles. The van der Waals surface area contributed by atoms with Crippen LogP contribution >= 0.6 is 0 Å². The summed E-state index contributed by atoms with van der Waals surface area (Å²) in [6.07, 6.45) is 0. The van der Waals surface area contributed by atoms with Crippen molar-refractivity contribution in [2.45, 2.75) is 13.5 Å². The molecule has 2 aromatic carbocycles. The Morgan fingerprint density at radius 2 is 1.74 bits per heavy atom. The minimum absolute atomic E-state index is 0.0107. The Labute approximate surface area is 160 Å². The number of hydrogen-bond acceptors (Lipinski definition) is 4. The van der Waals surface area contributed by atoms with Gasteiger partial charge < -0.3 is 24.6 Å². The van der Waals surface area contributed by atoms with E-state index in [1.165, 1.54) is 5.56 Å². The van der Waals surface area contributed by atoms with Crippen LogP contribution in [0.4, 0.5) is 10.5 Å². The molecule has 0 spiro atoms. The highest BCUT2D eigenvalue weighted by atomic mass is 16.5. The quantitative estimate of drug-likeness (QED) is 0.880. The number of urea groups is 1. The van der Waals surface area contributed by atoms with Gasteiger partial charge in [0.05, 0.1) is 14.2 Å². The Morgan fingerprint density at radius 1 is 1.00 bits per heavy atom. The largest absolute Gasteiger partial charge is 0.493 e. The molecule has 1 aliphatic rings. The van der Waals surface area contributed by atoms with Crippen LogP contribution in [0.1, 0.15) is 11.1 Å². The van der Waals surface area contributed by atoms with Crippen molar-refractivity contribution in [1.82, 2.24) is 10.2 Å². The lowest BCUT2D eigenvalue weighted by Crippen LogP contribution is -2.51. The number of benzene rings is 2. The topological polar surface area (TPSA) is 54.0 Å². The third-order valence-corrected chi connectivity index (χ3v) is 4.83. The molecule has 1 aliphatic heterocycles. The first kappa shape index (κ1) is 18.9. The predicted molar refractivity (Wildman–Crippen MR) is 107 cm³/mol. The number of carbonyl (C=O) groups excluding carboxylic acids is 1. The van der Waals surface area contributed by atoms with Gasteiger partial charge in [0.25, 0.3) is 0 Å². The van der Waals surface area contributed by atoms with Crippen LogP contribution in [-0.4, -0.2) is 51.3 Å². The fourth-order valence-corrected chi connectivity index (χ4v) is 3.30. The maximum absolute atomic E-state index is 12.4. The molecule has 0 bridgehead atoms. The first-order chi connectivity index (χ1) is 13.1. The Hall–Kier alpha value is -2.89. The first-order valence-electron chi connectivity index (χ1n) is 9.16. The molecule has 6 nitrogen and oxygen atoms in total. The number of carbonyl (C=O) groups is 1. The van der Waals surface area contributed by atoms with Gasteiger partial charge in [0, 0.05) is 44.5 Å². The molecule has 0 saturated carbocycles. The van der Waals surface area contributed by atoms with Gasteiger partial charge in [0.15, 0.2) is 11.5 Å². The molecule has 3 rings (SSSR count). The Balaban J connectivity index is 1.53. The van der Waals surface area contributed by atoms with Crippen LogP contribution in [0.25, 0.3) is 0 Å². The van der Waals surface area contributed by atoms with Gasteiger partial charge in [-0.3, -0.25) is 0 Å². The average molecular weight is 369 g/mol. The van der Waals surface area contributed by atoms with E-state index in [0.29, 0.717) is 25.4 Å². The summed E-state index contributed by atoms with van der Waals surface area (Å²) in [5.41, 5.74) is 3.39. The SMILES string of the molecule is COc1ccc(N2CCN(C(=O)NCc3cccc(C)c3)CC2)cc1OC. The van der Waals surface area contributed by atoms with Crippen LogP contribution in [0.5, 0.6) is 11.5 Å². The lowest BCUT2D eigenvalue weighted by molar-refractivity contribution is 0.194. The van der Waals surface area contributed by atoms with Crippen molar-refractivity contribution in [2.75, 3.05) is 45.3 Å². The zero-order chi connectivity index (χ0) is 19.2. The van der Waals surface area contributed by atoms with Gasteiger partial charge in [0.1, 0.15) is 0 Å². The normalized spacial score (nSPS) is 14.0. The van der Waals surface area contributed by atoms with E-state index in [4.69, 9.17) is 9.47 Å². The standard InChI is InChI=1S/C21H27N3O3/c1-16-5-4-6-17(13-16)15-22-21(25)24-11-9-23(10-12-24)18-7-8-19(26-2)20(14-18)27-3/h4-8,13-14H,9-12,15H2,1-3H3,(H,22,25). The summed E-state index contributed by atoms with van der Waals surface area (Å²) >= 11 is 0. The molecule has 2 amide bonds. The monoisotopic (exact) mass is 369 g/mol. The average Bonchev–Trinajstić information content (AvgIpc) is 2.71. The number of rotatable bonds is 5. The predicted octanol–water partition coefficient (Wildman–Crippen LogP) is 3.04. The second-order valence-electron chi connectivity index (χ2n) is 6.66. The second kappa shape index (κ2) is 8.66. The molecule has 144 valence electrons. The number of nitrogens with zero attached hydrogens (tertiary/aromatic N) is 2. The van der Waals surface area contributed by atoms with Crippen molar-refractivity contribution >= 4 is 11.7 Å². The first-order valence-corrected chi connectivity index (χ1v) is 9.16. The molecule has 0 atom stereocenters. The highest BCUT2D eigenvalue weighted by Crippen LogP contribution is 2.31. The van der Waals surface area contributed by atoms with Crippen molar-refractivity contribution in [3.8, 4) is 11.5 Å². The number of hydrogen-bond donors (Lipinski definition) is 1. The summed E-state index contributed by atoms with van der Waals surface area (Å²) in [6, 6.07) is 14.1. The van der Waals surface area contributed by atoms with Crippen molar-refractivity contribution in [1.29, 1.82) is 0 Å². The molecule has 0 aliphatic carbocycles. The molecule has 6 heteroatoms. The van der Waals surface area contributed by atoms with Gasteiger partial charge >= 0.3 is 6.03 Å². The molecule has 27 heavy (non-hydrogen) atoms. The van der Waals surface area contributed by atoms with E-state index < -0.39 is 0 Å². The molecule has 1 heterocycles. The molecule has 2 aromatic rings. The fourth-order valence-electron chi connectivity index (χ4n) is 3.30. The zero-order valence-electron chi connectivity index (χ0n) is 16.2. The fraction of sp³-hybridized carbons (Fsp3) is 0.381. The number of ether oxygens (including phenoxy) is 2. The van der Waals surface area contributed by atoms with Gasteiger partial charge in [0.2, 0.25) is 0 Å². The highest BCUT2D eigenvalue weighted by molar-refractivity contribution is 5.74. The van der Waals surface area contributed by atoms with Crippen LogP contribution in [-0.2, 0) is 6.54 Å². The third kappa shape index (κ3) is 4.64. The van der Waals surface area contributed by atoms with Crippen molar-refractivity contribution in [3.63, 3.8) is 0 Å². The minimum Gasteiger partial charge on any atom is -0.493 e. The van der Waals surface area contributed by atoms with E-state index in [2.05, 4.69) is 29.3 Å². The van der Waals surface area contributed by atoms with E-state index in [-0.39, 0.29) is 6.03 Å². The maximum atomic E-state index is 12.4. The van der Waals surface area contributed by atoms with E-state index in [9.17, 15) is 4.79 Å². The van der Waals surface area contributed by atoms with Gasteiger partial charge in [-0.25, -0.2) is 4.79 Å². The molecular weight excluding hydrogens is 342 g/mol. The van der Waals surface area contributed by atoms with Crippen LogP contribution in [0.3, 0.4) is 0 Å². The molecule has 0 radical (unpaired) electrons. The number of piperazine rings is 1. The smallest absolute Gasteiger partial charge is 0.317 e. The van der Waals surface area contributed by atoms with Crippen LogP contribution < -0.4 is 19.7 Å². The minimum atomic E-state index is -0.0107. The number of anilines is 1. The highest BCUT2D eigenvalue weighted by Gasteiger charge is 2.21. The summed E-state index contributed by atoms with van der Waals surface area (Å²) in [7, 11) is 3.27. The van der Waals surface area contributed by atoms with Crippen LogP contribution in [0, 0.1) is 6.92 Å². The van der Waals surface area contributed by atoms with E-state index in [1.807, 2.05) is 35.2 Å². The van der Waals surface area contributed by atoms with Gasteiger partial charge in [-0.1, -0.05) is 29.8 Å². The van der Waals surface area contributed by atoms with Crippen LogP contribution in [0.15, 0.2) is 42.5 Å². The summed E-state index contributed by atoms with van der Waals surface area (Å²) in [4.78, 5) is 16.6. The summed E-state index contributed by atoms with van der Waals surface area (Å²) in [6.45, 7) is 5.55. The lowest BCUT2D eigenvalue weighted by Gasteiger charge is -2.36. The summed E-state index contributed by atoms with van der Waals surface area (Å²) in [5, 5.41) is 3.02.